The van der Waals surface area contributed by atoms with Crippen molar-refractivity contribution in [2.24, 2.45) is 0 Å². The molecular weight excluding hydrogens is 295 g/mol. The summed E-state index contributed by atoms with van der Waals surface area (Å²) in [6.45, 7) is 8.16. The van der Waals surface area contributed by atoms with Gasteiger partial charge in [-0.2, -0.15) is 0 Å². The maximum Gasteiger partial charge on any atom is 0.498 e. The molecule has 0 unspecified atom stereocenters. The smallest absolute Gasteiger partial charge is 0.497 e. The molecule has 0 N–H and O–H groups in total. The molecule has 0 atom stereocenters. The SMILES string of the molecule is COc1cc(Br)ccc1B1OC(C)(C)C(C)(C)O1. The fourth-order valence-electron chi connectivity index (χ4n) is 1.85. The molecule has 3 nitrogen and oxygen atoms in total. The molecule has 1 aliphatic rings. The van der Waals surface area contributed by atoms with E-state index in [1.807, 2.05) is 45.9 Å². The topological polar surface area (TPSA) is 27.7 Å². The number of ether oxygens (including phenoxy) is 1. The van der Waals surface area contributed by atoms with Gasteiger partial charge in [-0.25, -0.2) is 0 Å². The quantitative estimate of drug-likeness (QED) is 0.786. The van der Waals surface area contributed by atoms with Crippen molar-refractivity contribution in [2.45, 2.75) is 38.9 Å². The molecule has 1 aliphatic heterocycles. The third-order valence-electron chi connectivity index (χ3n) is 3.70. The number of hydrogen-bond donors (Lipinski definition) is 0. The first-order valence-corrected chi connectivity index (χ1v) is 6.75. The van der Waals surface area contributed by atoms with Gasteiger partial charge in [-0.15, -0.1) is 0 Å². The van der Waals surface area contributed by atoms with E-state index in [4.69, 9.17) is 14.0 Å². The van der Waals surface area contributed by atoms with Gasteiger partial charge in [-0.3, -0.25) is 0 Å². The van der Waals surface area contributed by atoms with Gasteiger partial charge in [-0.1, -0.05) is 22.0 Å². The molecule has 0 aromatic heterocycles. The van der Waals surface area contributed by atoms with Crippen molar-refractivity contribution in [3.63, 3.8) is 0 Å². The second-order valence-electron chi connectivity index (χ2n) is 5.47. The van der Waals surface area contributed by atoms with Gasteiger partial charge < -0.3 is 14.0 Å². The molecule has 2 rings (SSSR count). The van der Waals surface area contributed by atoms with Crippen LogP contribution in [0.3, 0.4) is 0 Å². The highest BCUT2D eigenvalue weighted by atomic mass is 79.9. The van der Waals surface area contributed by atoms with Crippen molar-refractivity contribution in [1.29, 1.82) is 0 Å². The standard InChI is InChI=1S/C13H18BBrO3/c1-12(2)13(3,4)18-14(17-12)10-7-6-9(15)8-11(10)16-5/h6-8H,1-5H3. The predicted molar refractivity (Wildman–Crippen MR) is 76.4 cm³/mol. The maximum atomic E-state index is 6.01. The van der Waals surface area contributed by atoms with Gasteiger partial charge in [0.2, 0.25) is 0 Å². The fraction of sp³-hybridized carbons (Fsp3) is 0.538. The van der Waals surface area contributed by atoms with Gasteiger partial charge in [0.05, 0.1) is 18.3 Å². The molecule has 98 valence electrons. The lowest BCUT2D eigenvalue weighted by Gasteiger charge is -2.32. The van der Waals surface area contributed by atoms with Crippen LogP contribution in [0.2, 0.25) is 0 Å². The van der Waals surface area contributed by atoms with E-state index in [-0.39, 0.29) is 11.2 Å². The number of hydrogen-bond acceptors (Lipinski definition) is 3. The largest absolute Gasteiger partial charge is 0.498 e. The Bertz CT molecular complexity index is 444. The number of rotatable bonds is 2. The highest BCUT2D eigenvalue weighted by Crippen LogP contribution is 2.37. The molecule has 1 aromatic rings. The lowest BCUT2D eigenvalue weighted by molar-refractivity contribution is 0.00578. The summed E-state index contributed by atoms with van der Waals surface area (Å²) in [6, 6.07) is 5.84. The molecule has 0 spiro atoms. The molecule has 5 heteroatoms. The second kappa shape index (κ2) is 4.55. The minimum Gasteiger partial charge on any atom is -0.497 e. The molecule has 1 fully saturated rings. The van der Waals surface area contributed by atoms with E-state index in [2.05, 4.69) is 15.9 Å². The Kier molecular flexibility index (Phi) is 3.51. The Hall–Kier alpha value is -0.515. The van der Waals surface area contributed by atoms with Crippen LogP contribution in [0.25, 0.3) is 0 Å². The van der Waals surface area contributed by atoms with Gasteiger partial charge in [0.15, 0.2) is 0 Å². The Balaban J connectivity index is 2.35. The second-order valence-corrected chi connectivity index (χ2v) is 6.39. The zero-order valence-electron chi connectivity index (χ0n) is 11.4. The average molecular weight is 313 g/mol. The van der Waals surface area contributed by atoms with E-state index in [0.29, 0.717) is 0 Å². The summed E-state index contributed by atoms with van der Waals surface area (Å²) in [5.74, 6) is 0.767. The Morgan fingerprint density at radius 3 is 2.17 bits per heavy atom. The fourth-order valence-corrected chi connectivity index (χ4v) is 2.19. The summed E-state index contributed by atoms with van der Waals surface area (Å²) in [6.07, 6.45) is 0. The van der Waals surface area contributed by atoms with Gasteiger partial charge in [0.25, 0.3) is 0 Å². The van der Waals surface area contributed by atoms with Crippen LogP contribution in [0.1, 0.15) is 27.7 Å². The van der Waals surface area contributed by atoms with Gasteiger partial charge in [0, 0.05) is 9.94 Å². The average Bonchev–Trinajstić information content (AvgIpc) is 2.47. The van der Waals surface area contributed by atoms with Gasteiger partial charge in [0.1, 0.15) is 5.75 Å². The number of benzene rings is 1. The molecule has 1 saturated heterocycles. The van der Waals surface area contributed by atoms with Crippen molar-refractivity contribution in [1.82, 2.24) is 0 Å². The van der Waals surface area contributed by atoms with Gasteiger partial charge in [-0.05, 0) is 39.8 Å². The Labute approximate surface area is 117 Å². The highest BCUT2D eigenvalue weighted by molar-refractivity contribution is 9.10. The molecule has 0 saturated carbocycles. The zero-order chi connectivity index (χ0) is 13.6. The van der Waals surface area contributed by atoms with E-state index in [9.17, 15) is 0 Å². The molecule has 0 bridgehead atoms. The van der Waals surface area contributed by atoms with Gasteiger partial charge >= 0.3 is 7.12 Å². The van der Waals surface area contributed by atoms with Crippen LogP contribution in [-0.4, -0.2) is 25.4 Å². The van der Waals surface area contributed by atoms with E-state index in [0.717, 1.165) is 15.7 Å². The number of halogens is 1. The first-order valence-electron chi connectivity index (χ1n) is 5.96. The first-order chi connectivity index (χ1) is 8.27. The third kappa shape index (κ3) is 2.31. The van der Waals surface area contributed by atoms with Crippen LogP contribution in [-0.2, 0) is 9.31 Å². The number of methoxy groups -OCH3 is 1. The minimum atomic E-state index is -0.391. The van der Waals surface area contributed by atoms with Crippen LogP contribution >= 0.6 is 15.9 Å². The third-order valence-corrected chi connectivity index (χ3v) is 4.20. The van der Waals surface area contributed by atoms with E-state index in [1.54, 1.807) is 7.11 Å². The van der Waals surface area contributed by atoms with Crippen molar-refractivity contribution >= 4 is 28.5 Å². The van der Waals surface area contributed by atoms with Crippen molar-refractivity contribution in [3.05, 3.63) is 22.7 Å². The molecule has 0 aliphatic carbocycles. The normalized spacial score (nSPS) is 21.1. The molecule has 1 aromatic carbocycles. The summed E-state index contributed by atoms with van der Waals surface area (Å²) in [7, 11) is 1.26. The summed E-state index contributed by atoms with van der Waals surface area (Å²) in [5.41, 5.74) is 0.241. The lowest BCUT2D eigenvalue weighted by Crippen LogP contribution is -2.41. The van der Waals surface area contributed by atoms with E-state index >= 15 is 0 Å². The summed E-state index contributed by atoms with van der Waals surface area (Å²) in [4.78, 5) is 0. The predicted octanol–water partition coefficient (Wildman–Crippen LogP) is 2.76. The zero-order valence-corrected chi connectivity index (χ0v) is 13.0. The van der Waals surface area contributed by atoms with Crippen molar-refractivity contribution in [3.8, 4) is 5.75 Å². The van der Waals surface area contributed by atoms with E-state index in [1.165, 1.54) is 0 Å². The van der Waals surface area contributed by atoms with Crippen LogP contribution in [0, 0.1) is 0 Å². The monoisotopic (exact) mass is 312 g/mol. The Morgan fingerprint density at radius 2 is 1.67 bits per heavy atom. The Morgan fingerprint density at radius 1 is 1.11 bits per heavy atom. The van der Waals surface area contributed by atoms with Crippen LogP contribution in [0.4, 0.5) is 0 Å². The summed E-state index contributed by atoms with van der Waals surface area (Å²) >= 11 is 3.43. The molecular formula is C13H18BBrO3. The van der Waals surface area contributed by atoms with Crippen molar-refractivity contribution < 1.29 is 14.0 Å². The maximum absolute atomic E-state index is 6.01. The van der Waals surface area contributed by atoms with E-state index < -0.39 is 7.12 Å². The molecule has 0 radical (unpaired) electrons. The summed E-state index contributed by atoms with van der Waals surface area (Å²) in [5, 5.41) is 0. The van der Waals surface area contributed by atoms with Crippen LogP contribution in [0.5, 0.6) is 5.75 Å². The van der Waals surface area contributed by atoms with Crippen molar-refractivity contribution in [2.75, 3.05) is 7.11 Å². The van der Waals surface area contributed by atoms with Crippen LogP contribution in [0.15, 0.2) is 22.7 Å². The molecule has 18 heavy (non-hydrogen) atoms. The molecule has 0 amide bonds. The lowest BCUT2D eigenvalue weighted by atomic mass is 9.78. The highest BCUT2D eigenvalue weighted by Gasteiger charge is 2.52. The molecule has 1 heterocycles. The minimum absolute atomic E-state index is 0.338. The van der Waals surface area contributed by atoms with Crippen LogP contribution < -0.4 is 10.2 Å². The first kappa shape index (κ1) is 13.9. The summed E-state index contributed by atoms with van der Waals surface area (Å²) < 4.78 is 18.4.